The minimum Gasteiger partial charge on any atom is -0.368 e. The molecule has 0 spiro atoms. The molecule has 1 aliphatic rings. The van der Waals surface area contributed by atoms with Gasteiger partial charge < -0.3 is 16.4 Å². The number of rotatable bonds is 2. The van der Waals surface area contributed by atoms with Crippen LogP contribution in [0.3, 0.4) is 0 Å². The molecule has 0 saturated heterocycles. The molecule has 20 heavy (non-hydrogen) atoms. The molecule has 0 saturated carbocycles. The Labute approximate surface area is 126 Å². The first-order valence-corrected chi connectivity index (χ1v) is 7.32. The molecule has 1 aromatic heterocycles. The largest absolute Gasteiger partial charge is 0.368 e. The number of nitrogen functional groups attached to an aromatic ring is 1. The summed E-state index contributed by atoms with van der Waals surface area (Å²) in [4.78, 5) is 8.69. The monoisotopic (exact) mass is 333 g/mol. The van der Waals surface area contributed by atoms with Gasteiger partial charge in [0, 0.05) is 35.2 Å². The Balaban J connectivity index is 2.02. The summed E-state index contributed by atoms with van der Waals surface area (Å²) in [5, 5.41) is 6.72. The van der Waals surface area contributed by atoms with E-state index in [2.05, 4.69) is 49.5 Å². The Kier molecular flexibility index (Phi) is 3.58. The van der Waals surface area contributed by atoms with Crippen molar-refractivity contribution in [2.75, 3.05) is 17.6 Å². The van der Waals surface area contributed by atoms with Crippen molar-refractivity contribution in [1.29, 1.82) is 0 Å². The number of hydrogen-bond acceptors (Lipinski definition) is 5. The molecule has 0 radical (unpaired) electrons. The van der Waals surface area contributed by atoms with Crippen LogP contribution in [0.25, 0.3) is 0 Å². The molecule has 0 unspecified atom stereocenters. The van der Waals surface area contributed by atoms with E-state index in [0.717, 1.165) is 52.3 Å². The topological polar surface area (TPSA) is 75.9 Å². The quantitative estimate of drug-likeness (QED) is 0.787. The second-order valence-corrected chi connectivity index (χ2v) is 5.78. The third-order valence-corrected chi connectivity index (χ3v) is 3.90. The van der Waals surface area contributed by atoms with Crippen LogP contribution >= 0.6 is 15.9 Å². The highest BCUT2D eigenvalue weighted by Gasteiger charge is 2.17. The Morgan fingerprint density at radius 2 is 2.20 bits per heavy atom. The first kappa shape index (κ1) is 13.3. The molecule has 4 N–H and O–H groups in total. The molecule has 5 nitrogen and oxygen atoms in total. The second kappa shape index (κ2) is 5.38. The fourth-order valence-corrected chi connectivity index (χ4v) is 2.68. The SMILES string of the molecule is Cc1ccc(Br)cc1Nc1nc(N)nc2c1CNCC2. The van der Waals surface area contributed by atoms with Crippen molar-refractivity contribution in [3.63, 3.8) is 0 Å². The average Bonchev–Trinajstić information content (AvgIpc) is 2.43. The molecular formula is C14H16BrN5. The number of benzene rings is 1. The summed E-state index contributed by atoms with van der Waals surface area (Å²) in [7, 11) is 0. The number of hydrogen-bond donors (Lipinski definition) is 3. The predicted octanol–water partition coefficient (Wildman–Crippen LogP) is 2.52. The van der Waals surface area contributed by atoms with E-state index < -0.39 is 0 Å². The number of aromatic nitrogens is 2. The molecule has 3 rings (SSSR count). The van der Waals surface area contributed by atoms with Gasteiger partial charge in [-0.2, -0.15) is 4.98 Å². The summed E-state index contributed by atoms with van der Waals surface area (Å²) in [6.45, 7) is 3.76. The highest BCUT2D eigenvalue weighted by atomic mass is 79.9. The summed E-state index contributed by atoms with van der Waals surface area (Å²) in [5.74, 6) is 1.11. The molecular weight excluding hydrogens is 318 g/mol. The van der Waals surface area contributed by atoms with Crippen molar-refractivity contribution in [3.05, 3.63) is 39.5 Å². The summed E-state index contributed by atoms with van der Waals surface area (Å²) < 4.78 is 1.03. The van der Waals surface area contributed by atoms with E-state index in [1.54, 1.807) is 0 Å². The van der Waals surface area contributed by atoms with Gasteiger partial charge in [0.2, 0.25) is 5.95 Å². The Hall–Kier alpha value is -1.66. The number of nitrogens with two attached hydrogens (primary N) is 1. The maximum Gasteiger partial charge on any atom is 0.222 e. The Morgan fingerprint density at radius 1 is 1.35 bits per heavy atom. The molecule has 0 atom stereocenters. The molecule has 0 fully saturated rings. The highest BCUT2D eigenvalue weighted by molar-refractivity contribution is 9.10. The molecule has 104 valence electrons. The van der Waals surface area contributed by atoms with Gasteiger partial charge in [0.15, 0.2) is 0 Å². The van der Waals surface area contributed by atoms with Gasteiger partial charge in [-0.1, -0.05) is 22.0 Å². The smallest absolute Gasteiger partial charge is 0.222 e. The number of anilines is 3. The minimum atomic E-state index is 0.320. The van der Waals surface area contributed by atoms with Crippen molar-refractivity contribution < 1.29 is 0 Å². The number of aryl methyl sites for hydroxylation is 1. The van der Waals surface area contributed by atoms with Crippen molar-refractivity contribution in [2.24, 2.45) is 0 Å². The number of fused-ring (bicyclic) bond motifs is 1. The highest BCUT2D eigenvalue weighted by Crippen LogP contribution is 2.27. The van der Waals surface area contributed by atoms with Gasteiger partial charge in [0.1, 0.15) is 5.82 Å². The van der Waals surface area contributed by atoms with Gasteiger partial charge in [0.05, 0.1) is 5.69 Å². The van der Waals surface area contributed by atoms with E-state index in [0.29, 0.717) is 5.95 Å². The zero-order chi connectivity index (χ0) is 14.1. The van der Waals surface area contributed by atoms with Crippen LogP contribution in [-0.2, 0) is 13.0 Å². The molecule has 0 aliphatic carbocycles. The number of nitrogens with one attached hydrogen (secondary N) is 2. The maximum atomic E-state index is 5.81. The minimum absolute atomic E-state index is 0.320. The lowest BCUT2D eigenvalue weighted by atomic mass is 10.1. The van der Waals surface area contributed by atoms with Crippen molar-refractivity contribution in [2.45, 2.75) is 19.9 Å². The van der Waals surface area contributed by atoms with Gasteiger partial charge in [-0.05, 0) is 24.6 Å². The molecule has 0 bridgehead atoms. The van der Waals surface area contributed by atoms with Gasteiger partial charge in [-0.25, -0.2) is 4.98 Å². The molecule has 6 heteroatoms. The fraction of sp³-hybridized carbons (Fsp3) is 0.286. The first-order chi connectivity index (χ1) is 9.63. The lowest BCUT2D eigenvalue weighted by Crippen LogP contribution is -2.26. The number of halogens is 1. The molecule has 1 aliphatic heterocycles. The Bertz CT molecular complexity index is 656. The zero-order valence-electron chi connectivity index (χ0n) is 11.2. The maximum absolute atomic E-state index is 5.81. The van der Waals surface area contributed by atoms with E-state index in [1.807, 2.05) is 12.1 Å². The molecule has 2 heterocycles. The van der Waals surface area contributed by atoms with Crippen LogP contribution in [0.2, 0.25) is 0 Å². The van der Waals surface area contributed by atoms with Crippen molar-refractivity contribution in [1.82, 2.24) is 15.3 Å². The van der Waals surface area contributed by atoms with E-state index in [4.69, 9.17) is 5.73 Å². The average molecular weight is 334 g/mol. The predicted molar refractivity (Wildman–Crippen MR) is 84.0 cm³/mol. The summed E-state index contributed by atoms with van der Waals surface area (Å²) in [5.41, 5.74) is 10.1. The van der Waals surface area contributed by atoms with E-state index >= 15 is 0 Å². The number of nitrogens with zero attached hydrogens (tertiary/aromatic N) is 2. The van der Waals surface area contributed by atoms with Crippen LogP contribution in [0.5, 0.6) is 0 Å². The molecule has 1 aromatic carbocycles. The summed E-state index contributed by atoms with van der Waals surface area (Å²) >= 11 is 3.49. The van der Waals surface area contributed by atoms with Crippen LogP contribution in [0.1, 0.15) is 16.8 Å². The van der Waals surface area contributed by atoms with E-state index in [1.165, 1.54) is 0 Å². The Morgan fingerprint density at radius 3 is 3.05 bits per heavy atom. The van der Waals surface area contributed by atoms with Gasteiger partial charge >= 0.3 is 0 Å². The van der Waals surface area contributed by atoms with Gasteiger partial charge in [-0.3, -0.25) is 0 Å². The fourth-order valence-electron chi connectivity index (χ4n) is 2.32. The van der Waals surface area contributed by atoms with Crippen LogP contribution in [0, 0.1) is 6.92 Å². The van der Waals surface area contributed by atoms with Gasteiger partial charge in [0.25, 0.3) is 0 Å². The van der Waals surface area contributed by atoms with Crippen LogP contribution in [0.4, 0.5) is 17.5 Å². The van der Waals surface area contributed by atoms with Crippen LogP contribution < -0.4 is 16.4 Å². The van der Waals surface area contributed by atoms with E-state index in [9.17, 15) is 0 Å². The van der Waals surface area contributed by atoms with Crippen molar-refractivity contribution >= 4 is 33.4 Å². The van der Waals surface area contributed by atoms with Crippen molar-refractivity contribution in [3.8, 4) is 0 Å². The van der Waals surface area contributed by atoms with Crippen LogP contribution in [0.15, 0.2) is 22.7 Å². The van der Waals surface area contributed by atoms with Crippen LogP contribution in [-0.4, -0.2) is 16.5 Å². The third-order valence-electron chi connectivity index (χ3n) is 3.40. The lowest BCUT2D eigenvalue weighted by molar-refractivity contribution is 0.629. The first-order valence-electron chi connectivity index (χ1n) is 6.52. The normalized spacial score (nSPS) is 13.9. The summed E-state index contributed by atoms with van der Waals surface area (Å²) in [6.07, 6.45) is 0.883. The zero-order valence-corrected chi connectivity index (χ0v) is 12.8. The summed E-state index contributed by atoms with van der Waals surface area (Å²) in [6, 6.07) is 6.11. The van der Waals surface area contributed by atoms with Gasteiger partial charge in [-0.15, -0.1) is 0 Å². The molecule has 0 amide bonds. The molecule has 2 aromatic rings. The third kappa shape index (κ3) is 2.62. The lowest BCUT2D eigenvalue weighted by Gasteiger charge is -2.20. The van der Waals surface area contributed by atoms with E-state index in [-0.39, 0.29) is 0 Å². The second-order valence-electron chi connectivity index (χ2n) is 4.87. The standard InChI is InChI=1S/C14H16BrN5/c1-8-2-3-9(15)6-12(8)18-13-10-7-17-5-4-11(10)19-14(16)20-13/h2-3,6,17H,4-5,7H2,1H3,(H3,16,18,19,20).